The Morgan fingerprint density at radius 1 is 0.935 bits per heavy atom. The number of carbonyl (C=O) groups is 1. The molecule has 0 aromatic carbocycles. The van der Waals surface area contributed by atoms with Gasteiger partial charge in [-0.1, -0.05) is 0 Å². The highest BCUT2D eigenvalue weighted by atomic mass is 16.2. The van der Waals surface area contributed by atoms with Crippen LogP contribution in [0.25, 0.3) is 5.82 Å². The zero-order chi connectivity index (χ0) is 22.0. The zero-order valence-electron chi connectivity index (χ0n) is 18.0. The molecule has 3 aromatic heterocycles. The molecule has 0 unspecified atom stereocenters. The lowest BCUT2D eigenvalue weighted by Crippen LogP contribution is -2.49. The average molecular weight is 422 g/mol. The average Bonchev–Trinajstić information content (AvgIpc) is 3.11. The number of aromatic nitrogens is 6. The highest BCUT2D eigenvalue weighted by Crippen LogP contribution is 2.09. The van der Waals surface area contributed by atoms with E-state index in [4.69, 9.17) is 0 Å². The SMILES string of the molecule is Cc1cnc(C(=O)N2CCN(CCn3nc(-n4nc(C)cc4C)ccc3=O)CC2)cn1. The molecule has 4 rings (SSSR count). The van der Waals surface area contributed by atoms with Crippen molar-refractivity contribution in [1.29, 1.82) is 0 Å². The van der Waals surface area contributed by atoms with Crippen LogP contribution in [0.2, 0.25) is 0 Å². The summed E-state index contributed by atoms with van der Waals surface area (Å²) in [6.07, 6.45) is 3.13. The lowest BCUT2D eigenvalue weighted by atomic mass is 10.2. The summed E-state index contributed by atoms with van der Waals surface area (Å²) in [4.78, 5) is 37.2. The van der Waals surface area contributed by atoms with E-state index in [1.807, 2.05) is 26.8 Å². The van der Waals surface area contributed by atoms with E-state index in [9.17, 15) is 9.59 Å². The summed E-state index contributed by atoms with van der Waals surface area (Å²) in [5.41, 5.74) is 2.88. The van der Waals surface area contributed by atoms with Gasteiger partial charge in [-0.2, -0.15) is 5.10 Å². The van der Waals surface area contributed by atoms with Gasteiger partial charge < -0.3 is 4.90 Å². The molecule has 0 radical (unpaired) electrons. The van der Waals surface area contributed by atoms with Crippen molar-refractivity contribution in [2.24, 2.45) is 0 Å². The van der Waals surface area contributed by atoms with E-state index in [1.165, 1.54) is 16.9 Å². The molecule has 0 bridgehead atoms. The van der Waals surface area contributed by atoms with Crippen LogP contribution in [-0.2, 0) is 6.54 Å². The fourth-order valence-corrected chi connectivity index (χ4v) is 3.65. The van der Waals surface area contributed by atoms with Gasteiger partial charge >= 0.3 is 0 Å². The van der Waals surface area contributed by atoms with E-state index in [0.29, 0.717) is 37.7 Å². The van der Waals surface area contributed by atoms with Crippen LogP contribution in [0.5, 0.6) is 0 Å². The number of nitrogens with zero attached hydrogens (tertiary/aromatic N) is 8. The maximum absolute atomic E-state index is 12.6. The lowest BCUT2D eigenvalue weighted by molar-refractivity contribution is 0.0625. The Morgan fingerprint density at radius 3 is 2.35 bits per heavy atom. The Hall–Kier alpha value is -3.40. The minimum absolute atomic E-state index is 0.0948. The van der Waals surface area contributed by atoms with Crippen LogP contribution in [0.1, 0.15) is 27.6 Å². The normalized spacial score (nSPS) is 14.7. The smallest absolute Gasteiger partial charge is 0.274 e. The first-order chi connectivity index (χ1) is 14.9. The van der Waals surface area contributed by atoms with Crippen molar-refractivity contribution < 1.29 is 4.79 Å². The molecule has 0 saturated carbocycles. The van der Waals surface area contributed by atoms with Gasteiger partial charge in [0, 0.05) is 50.7 Å². The van der Waals surface area contributed by atoms with Crippen molar-refractivity contribution >= 4 is 5.91 Å². The molecule has 10 nitrogen and oxygen atoms in total. The third kappa shape index (κ3) is 4.69. The summed E-state index contributed by atoms with van der Waals surface area (Å²) < 4.78 is 3.22. The molecule has 0 aliphatic carbocycles. The van der Waals surface area contributed by atoms with Crippen LogP contribution >= 0.6 is 0 Å². The first-order valence-corrected chi connectivity index (χ1v) is 10.3. The highest BCUT2D eigenvalue weighted by Gasteiger charge is 2.23. The molecule has 162 valence electrons. The zero-order valence-corrected chi connectivity index (χ0v) is 18.0. The van der Waals surface area contributed by atoms with Crippen LogP contribution in [0, 0.1) is 20.8 Å². The second-order valence-corrected chi connectivity index (χ2v) is 7.77. The summed E-state index contributed by atoms with van der Waals surface area (Å²) in [5, 5.41) is 8.93. The van der Waals surface area contributed by atoms with Crippen LogP contribution in [0.3, 0.4) is 0 Å². The van der Waals surface area contributed by atoms with Gasteiger partial charge in [0.15, 0.2) is 5.82 Å². The van der Waals surface area contributed by atoms with Gasteiger partial charge in [-0.3, -0.25) is 19.5 Å². The molecule has 1 amide bonds. The molecule has 4 heterocycles. The monoisotopic (exact) mass is 422 g/mol. The first kappa shape index (κ1) is 20.9. The summed E-state index contributed by atoms with van der Waals surface area (Å²) in [6.45, 7) is 9.57. The van der Waals surface area contributed by atoms with E-state index in [0.717, 1.165) is 30.2 Å². The summed E-state index contributed by atoms with van der Waals surface area (Å²) in [7, 11) is 0. The molecule has 1 aliphatic rings. The van der Waals surface area contributed by atoms with Gasteiger partial charge in [0.05, 0.1) is 24.1 Å². The van der Waals surface area contributed by atoms with Crippen molar-refractivity contribution in [3.63, 3.8) is 0 Å². The van der Waals surface area contributed by atoms with Crippen LogP contribution < -0.4 is 5.56 Å². The summed E-state index contributed by atoms with van der Waals surface area (Å²) in [6, 6.07) is 5.19. The number of hydrogen-bond acceptors (Lipinski definition) is 7. The molecule has 1 saturated heterocycles. The van der Waals surface area contributed by atoms with Crippen molar-refractivity contribution in [1.82, 2.24) is 39.3 Å². The maximum Gasteiger partial charge on any atom is 0.274 e. The second-order valence-electron chi connectivity index (χ2n) is 7.77. The minimum atomic E-state index is -0.142. The largest absolute Gasteiger partial charge is 0.335 e. The quantitative estimate of drug-likeness (QED) is 0.593. The van der Waals surface area contributed by atoms with Gasteiger partial charge in [0.1, 0.15) is 5.69 Å². The Kier molecular flexibility index (Phi) is 5.90. The van der Waals surface area contributed by atoms with Crippen LogP contribution in [0.4, 0.5) is 0 Å². The van der Waals surface area contributed by atoms with Crippen molar-refractivity contribution in [2.75, 3.05) is 32.7 Å². The standard InChI is InChI=1S/C21H26N8O2/c1-15-12-17(3)29(24-15)19-4-5-20(30)28(25-19)11-8-26-6-9-27(10-7-26)21(31)18-14-22-16(2)13-23-18/h4-5,12-14H,6-11H2,1-3H3. The summed E-state index contributed by atoms with van der Waals surface area (Å²) in [5.74, 6) is 0.530. The molecular formula is C21H26N8O2. The van der Waals surface area contributed by atoms with Gasteiger partial charge in [0.2, 0.25) is 0 Å². The highest BCUT2D eigenvalue weighted by molar-refractivity contribution is 5.92. The summed E-state index contributed by atoms with van der Waals surface area (Å²) >= 11 is 0. The Balaban J connectivity index is 1.35. The van der Waals surface area contributed by atoms with Gasteiger partial charge in [-0.15, -0.1) is 5.10 Å². The third-order valence-electron chi connectivity index (χ3n) is 5.37. The van der Waals surface area contributed by atoms with Gasteiger partial charge in [-0.25, -0.2) is 14.3 Å². The maximum atomic E-state index is 12.6. The van der Waals surface area contributed by atoms with E-state index in [-0.39, 0.29) is 11.5 Å². The van der Waals surface area contributed by atoms with Crippen LogP contribution in [-0.4, -0.2) is 78.0 Å². The van der Waals surface area contributed by atoms with Crippen molar-refractivity contribution in [3.8, 4) is 5.82 Å². The van der Waals surface area contributed by atoms with Gasteiger partial charge in [-0.05, 0) is 32.9 Å². The molecular weight excluding hydrogens is 396 g/mol. The predicted octanol–water partition coefficient (Wildman–Crippen LogP) is 0.602. The minimum Gasteiger partial charge on any atom is -0.335 e. The van der Waals surface area contributed by atoms with E-state index >= 15 is 0 Å². The fourth-order valence-electron chi connectivity index (χ4n) is 3.65. The second kappa shape index (κ2) is 8.76. The Labute approximate surface area is 180 Å². The number of aryl methyl sites for hydroxylation is 3. The fraction of sp³-hybridized carbons (Fsp3) is 0.429. The topological polar surface area (TPSA) is 102 Å². The predicted molar refractivity (Wildman–Crippen MR) is 114 cm³/mol. The van der Waals surface area contributed by atoms with E-state index < -0.39 is 0 Å². The molecule has 0 atom stereocenters. The first-order valence-electron chi connectivity index (χ1n) is 10.3. The number of hydrogen-bond donors (Lipinski definition) is 0. The third-order valence-corrected chi connectivity index (χ3v) is 5.37. The molecule has 1 aliphatic heterocycles. The number of rotatable bonds is 5. The number of piperazine rings is 1. The molecule has 10 heteroatoms. The molecule has 31 heavy (non-hydrogen) atoms. The molecule has 3 aromatic rings. The van der Waals surface area contributed by atoms with Gasteiger partial charge in [0.25, 0.3) is 11.5 Å². The molecule has 0 N–H and O–H groups in total. The van der Waals surface area contributed by atoms with E-state index in [1.54, 1.807) is 21.8 Å². The number of carbonyl (C=O) groups excluding carboxylic acids is 1. The van der Waals surface area contributed by atoms with Crippen LogP contribution in [0.15, 0.2) is 35.4 Å². The number of amides is 1. The van der Waals surface area contributed by atoms with E-state index in [2.05, 4.69) is 25.1 Å². The van der Waals surface area contributed by atoms with Crippen molar-refractivity contribution in [2.45, 2.75) is 27.3 Å². The van der Waals surface area contributed by atoms with Crippen molar-refractivity contribution in [3.05, 3.63) is 63.7 Å². The molecule has 0 spiro atoms. The lowest BCUT2D eigenvalue weighted by Gasteiger charge is -2.34. The molecule has 1 fully saturated rings. The Bertz CT molecular complexity index is 1130. The Morgan fingerprint density at radius 2 is 1.71 bits per heavy atom.